The van der Waals surface area contributed by atoms with E-state index in [1.165, 1.54) is 34.9 Å². The Kier molecular flexibility index (Phi) is 4.65. The Hall–Kier alpha value is -0.940. The van der Waals surface area contributed by atoms with Crippen molar-refractivity contribution in [2.75, 3.05) is 0 Å². The predicted molar refractivity (Wildman–Crippen MR) is 105 cm³/mol. The Morgan fingerprint density at radius 1 is 1.36 bits per heavy atom. The molecule has 1 N–H and O–H groups in total. The first-order chi connectivity index (χ1) is 12.0. The van der Waals surface area contributed by atoms with Crippen molar-refractivity contribution in [3.8, 4) is 0 Å². The number of thioether (sulfide) groups is 1. The van der Waals surface area contributed by atoms with Crippen LogP contribution in [0.3, 0.4) is 0 Å². The second-order valence-corrected chi connectivity index (χ2v) is 17.1. The van der Waals surface area contributed by atoms with Gasteiger partial charge in [0.05, 0.1) is 0 Å². The van der Waals surface area contributed by atoms with E-state index in [1.54, 1.807) is 6.65 Å². The van der Waals surface area contributed by atoms with E-state index < -0.39 is 21.4 Å². The van der Waals surface area contributed by atoms with Crippen molar-refractivity contribution in [3.05, 3.63) is 44.3 Å². The number of nitrogens with one attached hydrogen (secondary N) is 1. The third-order valence-electron chi connectivity index (χ3n) is 5.66. The first kappa shape index (κ1) is 17.5. The van der Waals surface area contributed by atoms with Gasteiger partial charge in [-0.2, -0.15) is 0 Å². The van der Waals surface area contributed by atoms with E-state index in [9.17, 15) is 9.59 Å². The van der Waals surface area contributed by atoms with Crippen LogP contribution in [0.25, 0.3) is 6.08 Å². The molecule has 0 radical (unpaired) electrons. The number of hydrogen-bond acceptors (Lipinski definition) is 3. The summed E-state index contributed by atoms with van der Waals surface area (Å²) in [5.74, 6) is 0.498. The summed E-state index contributed by atoms with van der Waals surface area (Å²) in [6, 6.07) is 6.60. The molecule has 0 spiro atoms. The van der Waals surface area contributed by atoms with Gasteiger partial charge in [-0.1, -0.05) is 0 Å². The molecule has 2 amide bonds. The molecule has 1 saturated heterocycles. The molecule has 4 bridgehead atoms. The van der Waals surface area contributed by atoms with Gasteiger partial charge in [-0.3, -0.25) is 0 Å². The fourth-order valence-electron chi connectivity index (χ4n) is 4.53. The average Bonchev–Trinajstić information content (AvgIpc) is 3.14. The van der Waals surface area contributed by atoms with Crippen LogP contribution >= 0.6 is 11.8 Å². The monoisotopic (exact) mass is 455 g/mol. The van der Waals surface area contributed by atoms with Crippen molar-refractivity contribution in [2.45, 2.75) is 42.5 Å². The van der Waals surface area contributed by atoms with Crippen molar-refractivity contribution >= 4 is 53.7 Å². The van der Waals surface area contributed by atoms with Gasteiger partial charge in [-0.05, 0) is 0 Å². The first-order valence-electron chi connectivity index (χ1n) is 8.96. The van der Waals surface area contributed by atoms with Gasteiger partial charge in [0, 0.05) is 0 Å². The van der Waals surface area contributed by atoms with Crippen LogP contribution in [0.2, 0.25) is 0 Å². The van der Waals surface area contributed by atoms with E-state index >= 15 is 0 Å². The zero-order valence-electron chi connectivity index (χ0n) is 14.8. The Balaban J connectivity index is 1.62. The molecule has 3 unspecified atom stereocenters. The normalized spacial score (nSPS) is 24.4. The molecule has 3 aliphatic heterocycles. The van der Waals surface area contributed by atoms with Crippen LogP contribution in [0, 0.1) is 5.92 Å². The fraction of sp³-hybridized carbons (Fsp3) is 0.400. The molecule has 3 aliphatic rings. The maximum absolute atomic E-state index is 12.3. The standard InChI is InChI=1S/C20H22NO2S.In/c1-14(2)7-6-8-15(3)11-12-16-9-4-5-10-17(16)13-18-19(22)21-20(23)24-18;/h4-5,7,10,12-13,15,18H,6,8H2,1-3H3,(H,21,22,23);. The number of allylic oxidation sites excluding steroid dienone is 3. The number of carbonyl (C=O) groups is 2. The van der Waals surface area contributed by atoms with Crippen molar-refractivity contribution in [2.24, 2.45) is 5.92 Å². The van der Waals surface area contributed by atoms with E-state index in [0.29, 0.717) is 9.59 Å². The van der Waals surface area contributed by atoms with Crippen molar-refractivity contribution < 1.29 is 9.59 Å². The predicted octanol–water partition coefficient (Wildman–Crippen LogP) is 3.70. The number of benzene rings is 1. The van der Waals surface area contributed by atoms with Crippen molar-refractivity contribution in [3.63, 3.8) is 0 Å². The number of carbonyl (C=O) groups excluding carboxylic acids is 2. The Labute approximate surface area is 160 Å². The Morgan fingerprint density at radius 3 is 2.80 bits per heavy atom. The first-order valence-corrected chi connectivity index (χ1v) is 15.0. The van der Waals surface area contributed by atoms with Gasteiger partial charge in [-0.15, -0.1) is 0 Å². The third-order valence-corrected chi connectivity index (χ3v) is 19.2. The number of hydrogen-bond donors (Lipinski definition) is 1. The summed E-state index contributed by atoms with van der Waals surface area (Å²) in [5.41, 5.74) is 4.10. The zero-order valence-corrected chi connectivity index (χ0v) is 18.9. The molecular formula is C20H22InNO2S. The van der Waals surface area contributed by atoms with Gasteiger partial charge in [-0.25, -0.2) is 0 Å². The van der Waals surface area contributed by atoms with Gasteiger partial charge in [0.15, 0.2) is 0 Å². The van der Waals surface area contributed by atoms with Crippen LogP contribution < -0.4 is 8.64 Å². The molecule has 3 heterocycles. The van der Waals surface area contributed by atoms with Gasteiger partial charge >= 0.3 is 161 Å². The van der Waals surface area contributed by atoms with E-state index in [4.69, 9.17) is 0 Å². The summed E-state index contributed by atoms with van der Waals surface area (Å²) in [7, 11) is 0. The van der Waals surface area contributed by atoms with E-state index in [-0.39, 0.29) is 16.4 Å². The SMILES string of the molecule is CC(C)=CCCC(C)[C]1=Cc2c3ccc[c]2[In]1[CH]3C1SC(=O)NC1=O. The maximum atomic E-state index is 12.3. The van der Waals surface area contributed by atoms with Crippen molar-refractivity contribution in [1.82, 2.24) is 5.32 Å². The Morgan fingerprint density at radius 2 is 2.16 bits per heavy atom. The summed E-state index contributed by atoms with van der Waals surface area (Å²) in [5, 5.41) is 2.11. The molecule has 3 nitrogen and oxygen atoms in total. The van der Waals surface area contributed by atoms with Crippen molar-refractivity contribution in [1.29, 1.82) is 0 Å². The number of imide groups is 1. The van der Waals surface area contributed by atoms with Crippen LogP contribution in [-0.2, 0) is 4.79 Å². The Bertz CT molecular complexity index is 825. The molecule has 0 saturated carbocycles. The average molecular weight is 455 g/mol. The quantitative estimate of drug-likeness (QED) is 0.690. The van der Waals surface area contributed by atoms with E-state index in [0.717, 1.165) is 6.42 Å². The van der Waals surface area contributed by atoms with Crippen LogP contribution in [0.4, 0.5) is 4.79 Å². The molecule has 0 aromatic heterocycles. The number of amides is 2. The fourth-order valence-corrected chi connectivity index (χ4v) is 19.6. The van der Waals surface area contributed by atoms with E-state index in [1.807, 2.05) is 0 Å². The number of rotatable bonds is 5. The molecular weight excluding hydrogens is 433 g/mol. The molecule has 0 aliphatic carbocycles. The van der Waals surface area contributed by atoms with Crippen LogP contribution in [0.5, 0.6) is 0 Å². The molecule has 1 aromatic rings. The molecule has 25 heavy (non-hydrogen) atoms. The molecule has 128 valence electrons. The minimum absolute atomic E-state index is 0.0754. The second-order valence-electron chi connectivity index (χ2n) is 7.57. The second kappa shape index (κ2) is 6.66. The van der Waals surface area contributed by atoms with Crippen LogP contribution in [-0.4, -0.2) is 37.8 Å². The summed E-state index contributed by atoms with van der Waals surface area (Å²) in [6.07, 6.45) is 7.04. The van der Waals surface area contributed by atoms with Gasteiger partial charge < -0.3 is 0 Å². The molecule has 1 fully saturated rings. The molecule has 3 atom stereocenters. The van der Waals surface area contributed by atoms with E-state index in [2.05, 4.69) is 56.4 Å². The minimum atomic E-state index is -2.31. The van der Waals surface area contributed by atoms with Gasteiger partial charge in [0.1, 0.15) is 0 Å². The topological polar surface area (TPSA) is 46.2 Å². The summed E-state index contributed by atoms with van der Waals surface area (Å²) >= 11 is -1.09. The third kappa shape index (κ3) is 2.93. The molecule has 5 heteroatoms. The van der Waals surface area contributed by atoms with Gasteiger partial charge in [0.25, 0.3) is 0 Å². The molecule has 4 rings (SSSR count). The summed E-state index contributed by atoms with van der Waals surface area (Å²) in [6.45, 7) is 6.64. The zero-order chi connectivity index (χ0) is 17.7. The molecule has 1 aromatic carbocycles. The van der Waals surface area contributed by atoms with Gasteiger partial charge in [0.2, 0.25) is 0 Å². The summed E-state index contributed by atoms with van der Waals surface area (Å²) in [4.78, 5) is 24.1. The van der Waals surface area contributed by atoms with Crippen LogP contribution in [0.1, 0.15) is 48.4 Å². The summed E-state index contributed by atoms with van der Waals surface area (Å²) < 4.78 is 3.51. The van der Waals surface area contributed by atoms with Crippen LogP contribution in [0.15, 0.2) is 33.2 Å².